The highest BCUT2D eigenvalue weighted by molar-refractivity contribution is 14.1. The van der Waals surface area contributed by atoms with Gasteiger partial charge in [-0.2, -0.15) is 0 Å². The van der Waals surface area contributed by atoms with E-state index in [4.69, 9.17) is 4.74 Å². The molecule has 0 saturated carbocycles. The molecule has 1 aliphatic heterocycles. The van der Waals surface area contributed by atoms with Crippen molar-refractivity contribution in [1.82, 2.24) is 9.88 Å². The summed E-state index contributed by atoms with van der Waals surface area (Å²) in [6.07, 6.45) is -0.181. The molecule has 1 amide bonds. The number of aromatic nitrogens is 1. The highest BCUT2D eigenvalue weighted by Crippen LogP contribution is 2.41. The van der Waals surface area contributed by atoms with Crippen LogP contribution in [0.4, 0.5) is 4.79 Å². The number of rotatable bonds is 2. The number of carbonyl (C=O) groups is 2. The largest absolute Gasteiger partial charge is 0.464 e. The van der Waals surface area contributed by atoms with E-state index in [1.165, 1.54) is 18.1 Å². The van der Waals surface area contributed by atoms with E-state index in [-0.39, 0.29) is 5.69 Å². The Balaban J connectivity index is 2.25. The second-order valence-corrected chi connectivity index (χ2v) is 7.76. The zero-order valence-electron chi connectivity index (χ0n) is 14.1. The molecule has 0 radical (unpaired) electrons. The summed E-state index contributed by atoms with van der Waals surface area (Å²) in [5.41, 5.74) is -1.53. The van der Waals surface area contributed by atoms with Crippen molar-refractivity contribution in [2.75, 3.05) is 13.7 Å². The average Bonchev–Trinajstić information content (AvgIpc) is 2.82. The highest BCUT2D eigenvalue weighted by Gasteiger charge is 2.50. The first kappa shape index (κ1) is 18.9. The third-order valence-electron chi connectivity index (χ3n) is 3.62. The molecule has 1 saturated heterocycles. The fourth-order valence-corrected chi connectivity index (χ4v) is 3.57. The number of methoxy groups -OCH3 is 1. The van der Waals surface area contributed by atoms with E-state index in [0.717, 1.165) is 0 Å². The summed E-state index contributed by atoms with van der Waals surface area (Å²) in [7, 11) is 1.27. The molecule has 8 heteroatoms. The first-order chi connectivity index (χ1) is 11.1. The molecule has 132 valence electrons. The number of amides is 1. The van der Waals surface area contributed by atoms with Crippen LogP contribution in [0.3, 0.4) is 0 Å². The second kappa shape index (κ2) is 6.83. The molecule has 1 aromatic rings. The van der Waals surface area contributed by atoms with Crippen molar-refractivity contribution in [2.24, 2.45) is 0 Å². The summed E-state index contributed by atoms with van der Waals surface area (Å²) in [6, 6.07) is 4.78. The Morgan fingerprint density at radius 2 is 2.08 bits per heavy atom. The fourth-order valence-electron chi connectivity index (χ4n) is 2.43. The summed E-state index contributed by atoms with van der Waals surface area (Å²) in [4.78, 5) is 29.6. The van der Waals surface area contributed by atoms with E-state index in [0.29, 0.717) is 18.7 Å². The van der Waals surface area contributed by atoms with E-state index >= 15 is 0 Å². The lowest BCUT2D eigenvalue weighted by molar-refractivity contribution is 0.00794. The summed E-state index contributed by atoms with van der Waals surface area (Å²) in [6.45, 7) is 5.70. The topological polar surface area (TPSA) is 89.0 Å². The number of hydrogen-bond donors (Lipinski definition) is 1. The number of ether oxygens (including phenoxy) is 2. The normalized spacial score (nSPS) is 23.9. The quantitative estimate of drug-likeness (QED) is 0.324. The Bertz CT molecular complexity index is 646. The zero-order valence-corrected chi connectivity index (χ0v) is 16.2. The third kappa shape index (κ3) is 3.80. The first-order valence-electron chi connectivity index (χ1n) is 7.50. The first-order valence-corrected chi connectivity index (χ1v) is 8.75. The van der Waals surface area contributed by atoms with Gasteiger partial charge in [-0.15, -0.1) is 0 Å². The fraction of sp³-hybridized carbons (Fsp3) is 0.562. The van der Waals surface area contributed by atoms with Gasteiger partial charge >= 0.3 is 12.1 Å². The minimum atomic E-state index is -1.36. The molecule has 7 nitrogen and oxygen atoms in total. The van der Waals surface area contributed by atoms with Gasteiger partial charge in [0.05, 0.1) is 12.8 Å². The number of likely N-dealkylation sites (tertiary alicyclic amines) is 1. The van der Waals surface area contributed by atoms with Gasteiger partial charge < -0.3 is 14.6 Å². The minimum absolute atomic E-state index is 0.114. The second-order valence-electron chi connectivity index (χ2n) is 6.58. The molecule has 0 aromatic carbocycles. The number of pyridine rings is 1. The maximum Gasteiger partial charge on any atom is 0.411 e. The van der Waals surface area contributed by atoms with Gasteiger partial charge in [0.25, 0.3) is 0 Å². The molecule has 1 fully saturated rings. The van der Waals surface area contributed by atoms with Gasteiger partial charge in [-0.3, -0.25) is 4.90 Å². The minimum Gasteiger partial charge on any atom is -0.464 e. The Morgan fingerprint density at radius 3 is 2.67 bits per heavy atom. The van der Waals surface area contributed by atoms with Crippen molar-refractivity contribution in [2.45, 2.75) is 42.4 Å². The van der Waals surface area contributed by atoms with Gasteiger partial charge in [-0.05, 0) is 32.9 Å². The number of nitrogens with zero attached hydrogens (tertiary/aromatic N) is 2. The SMILES string of the molecule is COC(=O)c1cccc(C2(O)CCN(C(=O)OC(C)(C)C)C2I)n1. The van der Waals surface area contributed by atoms with Crippen LogP contribution in [-0.2, 0) is 15.1 Å². The standard InChI is InChI=1S/C16H21IN2O5/c1-15(2,3)24-14(21)19-9-8-16(22,13(19)17)11-7-5-6-10(18-11)12(20)23-4/h5-7,13,22H,8-9H2,1-4H3. The monoisotopic (exact) mass is 448 g/mol. The molecule has 2 heterocycles. The summed E-state index contributed by atoms with van der Waals surface area (Å²) in [5.74, 6) is -0.576. The van der Waals surface area contributed by atoms with Crippen molar-refractivity contribution >= 4 is 34.7 Å². The number of carbonyl (C=O) groups excluding carboxylic acids is 2. The summed E-state index contributed by atoms with van der Waals surface area (Å²) in [5, 5.41) is 11.1. The van der Waals surface area contributed by atoms with E-state index in [1.807, 2.05) is 22.6 Å². The van der Waals surface area contributed by atoms with Crippen molar-refractivity contribution in [3.63, 3.8) is 0 Å². The van der Waals surface area contributed by atoms with Gasteiger partial charge in [0.1, 0.15) is 20.9 Å². The highest BCUT2D eigenvalue weighted by atomic mass is 127. The molecule has 1 aromatic heterocycles. The molecular weight excluding hydrogens is 427 g/mol. The van der Waals surface area contributed by atoms with Crippen molar-refractivity contribution in [3.05, 3.63) is 29.6 Å². The smallest absolute Gasteiger partial charge is 0.411 e. The van der Waals surface area contributed by atoms with Crippen molar-refractivity contribution in [1.29, 1.82) is 0 Å². The van der Waals surface area contributed by atoms with E-state index in [1.54, 1.807) is 32.9 Å². The third-order valence-corrected chi connectivity index (χ3v) is 5.32. The Labute approximate surface area is 154 Å². The van der Waals surface area contributed by atoms with Crippen LogP contribution in [0.5, 0.6) is 0 Å². The van der Waals surface area contributed by atoms with Crippen LogP contribution in [-0.4, -0.2) is 50.4 Å². The maximum absolute atomic E-state index is 12.3. The molecule has 0 aliphatic carbocycles. The lowest BCUT2D eigenvalue weighted by Gasteiger charge is -2.31. The Hall–Kier alpha value is -1.42. The number of hydrogen-bond acceptors (Lipinski definition) is 6. The maximum atomic E-state index is 12.3. The lowest BCUT2D eigenvalue weighted by Crippen LogP contribution is -2.43. The van der Waals surface area contributed by atoms with Crippen LogP contribution in [0.2, 0.25) is 0 Å². The predicted molar refractivity (Wildman–Crippen MR) is 94.8 cm³/mol. The molecule has 24 heavy (non-hydrogen) atoms. The van der Waals surface area contributed by atoms with E-state index in [2.05, 4.69) is 9.72 Å². The van der Waals surface area contributed by atoms with Gasteiger partial charge in [0.2, 0.25) is 0 Å². The van der Waals surface area contributed by atoms with Crippen LogP contribution >= 0.6 is 22.6 Å². The van der Waals surface area contributed by atoms with Gasteiger partial charge in [0, 0.05) is 13.0 Å². The molecule has 0 bridgehead atoms. The number of aliphatic hydroxyl groups is 1. The molecule has 2 unspecified atom stereocenters. The van der Waals surface area contributed by atoms with Crippen LogP contribution in [0.25, 0.3) is 0 Å². The van der Waals surface area contributed by atoms with Crippen LogP contribution in [0.1, 0.15) is 43.4 Å². The predicted octanol–water partition coefficient (Wildman–Crippen LogP) is 2.46. The van der Waals surface area contributed by atoms with Crippen molar-refractivity contribution < 1.29 is 24.2 Å². The van der Waals surface area contributed by atoms with Gasteiger partial charge in [0.15, 0.2) is 0 Å². The molecule has 0 spiro atoms. The molecule has 2 atom stereocenters. The van der Waals surface area contributed by atoms with Gasteiger partial charge in [-0.1, -0.05) is 28.7 Å². The van der Waals surface area contributed by atoms with Crippen molar-refractivity contribution in [3.8, 4) is 0 Å². The molecule has 1 aliphatic rings. The van der Waals surface area contributed by atoms with Crippen LogP contribution in [0.15, 0.2) is 18.2 Å². The number of halogens is 1. The lowest BCUT2D eigenvalue weighted by atomic mass is 9.98. The van der Waals surface area contributed by atoms with Crippen LogP contribution < -0.4 is 0 Å². The Kier molecular flexibility index (Phi) is 5.38. The molecule has 2 rings (SSSR count). The summed E-state index contributed by atoms with van der Waals surface area (Å²) >= 11 is 2.00. The van der Waals surface area contributed by atoms with Crippen LogP contribution in [0, 0.1) is 0 Å². The van der Waals surface area contributed by atoms with E-state index < -0.39 is 27.3 Å². The van der Waals surface area contributed by atoms with E-state index in [9.17, 15) is 14.7 Å². The number of esters is 1. The Morgan fingerprint density at radius 1 is 1.42 bits per heavy atom. The zero-order chi connectivity index (χ0) is 18.1. The number of alkyl halides is 1. The van der Waals surface area contributed by atoms with Gasteiger partial charge in [-0.25, -0.2) is 14.6 Å². The molecular formula is C16H21IN2O5. The molecule has 1 N–H and O–H groups in total. The summed E-state index contributed by atoms with van der Waals surface area (Å²) < 4.78 is 9.47. The average molecular weight is 448 g/mol.